The number of nitrogens with one attached hydrogen (secondary N) is 2. The molecule has 1 aromatic carbocycles. The van der Waals surface area contributed by atoms with Gasteiger partial charge in [-0.2, -0.15) is 0 Å². The van der Waals surface area contributed by atoms with Crippen molar-refractivity contribution in [3.63, 3.8) is 0 Å². The van der Waals surface area contributed by atoms with Crippen LogP contribution in [0.1, 0.15) is 26.3 Å². The van der Waals surface area contributed by atoms with E-state index in [-0.39, 0.29) is 29.7 Å². The summed E-state index contributed by atoms with van der Waals surface area (Å²) in [6.07, 6.45) is 0. The van der Waals surface area contributed by atoms with E-state index in [0.717, 1.165) is 24.6 Å². The summed E-state index contributed by atoms with van der Waals surface area (Å²) in [4.78, 5) is 4.48. The number of hydrogen-bond acceptors (Lipinski definition) is 2. The molecule has 0 heterocycles. The summed E-state index contributed by atoms with van der Waals surface area (Å²) in [6, 6.07) is 7.18. The van der Waals surface area contributed by atoms with Crippen LogP contribution in [-0.2, 0) is 6.54 Å². The maximum absolute atomic E-state index is 9.38. The van der Waals surface area contributed by atoms with Crippen LogP contribution in [0, 0.1) is 5.92 Å². The molecular weight excluding hydrogens is 353 g/mol. The predicted molar refractivity (Wildman–Crippen MR) is 91.2 cm³/mol. The molecule has 0 spiro atoms. The van der Waals surface area contributed by atoms with Gasteiger partial charge < -0.3 is 15.7 Å². The van der Waals surface area contributed by atoms with Crippen LogP contribution >= 0.6 is 24.0 Å². The van der Waals surface area contributed by atoms with Crippen molar-refractivity contribution < 1.29 is 5.11 Å². The highest BCUT2D eigenvalue weighted by atomic mass is 127. The van der Waals surface area contributed by atoms with Crippen molar-refractivity contribution in [1.82, 2.24) is 10.6 Å². The zero-order chi connectivity index (χ0) is 13.4. The van der Waals surface area contributed by atoms with E-state index < -0.39 is 0 Å². The van der Waals surface area contributed by atoms with E-state index in [1.165, 1.54) is 0 Å². The molecule has 1 rings (SSSR count). The minimum absolute atomic E-state index is 0. The molecule has 0 bridgehead atoms. The molecule has 0 aliphatic rings. The van der Waals surface area contributed by atoms with E-state index >= 15 is 0 Å². The van der Waals surface area contributed by atoms with Crippen molar-refractivity contribution in [2.24, 2.45) is 10.9 Å². The van der Waals surface area contributed by atoms with Gasteiger partial charge in [0.1, 0.15) is 5.75 Å². The third-order valence-corrected chi connectivity index (χ3v) is 2.35. The summed E-state index contributed by atoms with van der Waals surface area (Å²) >= 11 is 0. The molecule has 108 valence electrons. The van der Waals surface area contributed by atoms with Crippen LogP contribution in [0.4, 0.5) is 0 Å². The Morgan fingerprint density at radius 2 is 2.05 bits per heavy atom. The van der Waals surface area contributed by atoms with Gasteiger partial charge in [0.2, 0.25) is 0 Å². The van der Waals surface area contributed by atoms with Gasteiger partial charge in [-0.1, -0.05) is 26.0 Å². The van der Waals surface area contributed by atoms with Gasteiger partial charge in [-0.05, 0) is 30.5 Å². The molecule has 0 amide bonds. The average molecular weight is 377 g/mol. The minimum atomic E-state index is 0. The lowest BCUT2D eigenvalue weighted by molar-refractivity contribution is 0.474. The smallest absolute Gasteiger partial charge is 0.191 e. The third kappa shape index (κ3) is 7.92. The molecule has 0 saturated carbocycles. The molecule has 5 heteroatoms. The Morgan fingerprint density at radius 1 is 1.32 bits per heavy atom. The van der Waals surface area contributed by atoms with Crippen LogP contribution in [0.3, 0.4) is 0 Å². The van der Waals surface area contributed by atoms with Gasteiger partial charge in [-0.15, -0.1) is 24.0 Å². The Hall–Kier alpha value is -0.980. The Morgan fingerprint density at radius 3 is 2.63 bits per heavy atom. The summed E-state index contributed by atoms with van der Waals surface area (Å²) in [5.41, 5.74) is 0.997. The summed E-state index contributed by atoms with van der Waals surface area (Å²) < 4.78 is 0. The first-order chi connectivity index (χ1) is 8.61. The molecule has 0 aliphatic heterocycles. The molecule has 0 radical (unpaired) electrons. The van der Waals surface area contributed by atoms with Crippen molar-refractivity contribution in [2.45, 2.75) is 27.3 Å². The second-order valence-corrected chi connectivity index (χ2v) is 4.64. The van der Waals surface area contributed by atoms with Crippen molar-refractivity contribution in [3.05, 3.63) is 29.8 Å². The molecule has 19 heavy (non-hydrogen) atoms. The van der Waals surface area contributed by atoms with E-state index in [1.807, 2.05) is 19.1 Å². The van der Waals surface area contributed by atoms with Crippen LogP contribution in [0.25, 0.3) is 0 Å². The van der Waals surface area contributed by atoms with Crippen LogP contribution in [0.5, 0.6) is 5.75 Å². The number of rotatable bonds is 5. The van der Waals surface area contributed by atoms with Crippen LogP contribution in [0.15, 0.2) is 29.3 Å². The quantitative estimate of drug-likeness (QED) is 0.420. The Labute approximate surface area is 132 Å². The number of phenolic OH excluding ortho intramolecular Hbond substituents is 1. The second kappa shape index (κ2) is 9.89. The number of hydrogen-bond donors (Lipinski definition) is 3. The lowest BCUT2D eigenvalue weighted by atomic mass is 10.2. The number of aromatic hydroxyl groups is 1. The lowest BCUT2D eigenvalue weighted by Gasteiger charge is -2.12. The Bertz CT molecular complexity index is 394. The highest BCUT2D eigenvalue weighted by molar-refractivity contribution is 14.0. The molecule has 0 aromatic heterocycles. The van der Waals surface area contributed by atoms with Gasteiger partial charge in [-0.25, -0.2) is 4.99 Å². The van der Waals surface area contributed by atoms with Crippen molar-refractivity contribution in [2.75, 3.05) is 13.1 Å². The summed E-state index contributed by atoms with van der Waals surface area (Å²) in [7, 11) is 0. The fourth-order valence-corrected chi connectivity index (χ4v) is 1.47. The normalized spacial score (nSPS) is 11.1. The first kappa shape index (κ1) is 18.0. The number of benzene rings is 1. The monoisotopic (exact) mass is 377 g/mol. The Balaban J connectivity index is 0.00000324. The molecule has 0 unspecified atom stereocenters. The van der Waals surface area contributed by atoms with Crippen molar-refractivity contribution in [3.8, 4) is 5.75 Å². The van der Waals surface area contributed by atoms with Crippen LogP contribution < -0.4 is 10.6 Å². The average Bonchev–Trinajstić information content (AvgIpc) is 2.32. The van der Waals surface area contributed by atoms with E-state index in [0.29, 0.717) is 12.5 Å². The predicted octanol–water partition coefficient (Wildman–Crippen LogP) is 2.72. The summed E-state index contributed by atoms with van der Waals surface area (Å²) in [6.45, 7) is 8.65. The van der Waals surface area contributed by atoms with Gasteiger partial charge in [0.05, 0.1) is 6.54 Å². The van der Waals surface area contributed by atoms with E-state index in [9.17, 15) is 5.11 Å². The number of aliphatic imine (C=N–C) groups is 1. The second-order valence-electron chi connectivity index (χ2n) is 4.64. The molecule has 3 N–H and O–H groups in total. The Kier molecular flexibility index (Phi) is 9.38. The SMILES string of the molecule is CCNC(=NCc1cccc(O)c1)NCC(C)C.I. The molecule has 0 fully saturated rings. The van der Waals surface area contributed by atoms with Crippen LogP contribution in [0.2, 0.25) is 0 Å². The number of nitrogens with zero attached hydrogens (tertiary/aromatic N) is 1. The summed E-state index contributed by atoms with van der Waals surface area (Å²) in [5, 5.41) is 15.9. The molecule has 0 aliphatic carbocycles. The van der Waals surface area contributed by atoms with E-state index in [2.05, 4.69) is 29.5 Å². The number of guanidine groups is 1. The number of halogens is 1. The molecule has 1 aromatic rings. The molecule has 0 saturated heterocycles. The van der Waals surface area contributed by atoms with Gasteiger partial charge >= 0.3 is 0 Å². The maximum atomic E-state index is 9.38. The molecular formula is C14H24IN3O. The van der Waals surface area contributed by atoms with E-state index in [4.69, 9.17) is 0 Å². The van der Waals surface area contributed by atoms with Gasteiger partial charge in [0.25, 0.3) is 0 Å². The van der Waals surface area contributed by atoms with Crippen LogP contribution in [-0.4, -0.2) is 24.2 Å². The topological polar surface area (TPSA) is 56.7 Å². The lowest BCUT2D eigenvalue weighted by Crippen LogP contribution is -2.39. The fourth-order valence-electron chi connectivity index (χ4n) is 1.47. The fraction of sp³-hybridized carbons (Fsp3) is 0.500. The first-order valence-corrected chi connectivity index (χ1v) is 6.42. The first-order valence-electron chi connectivity index (χ1n) is 6.42. The highest BCUT2D eigenvalue weighted by Crippen LogP contribution is 2.11. The number of phenols is 1. The van der Waals surface area contributed by atoms with Crippen molar-refractivity contribution >= 4 is 29.9 Å². The third-order valence-electron chi connectivity index (χ3n) is 2.35. The molecule has 0 atom stereocenters. The zero-order valence-electron chi connectivity index (χ0n) is 11.8. The van der Waals surface area contributed by atoms with Gasteiger partial charge in [0, 0.05) is 13.1 Å². The van der Waals surface area contributed by atoms with Gasteiger partial charge in [-0.3, -0.25) is 0 Å². The minimum Gasteiger partial charge on any atom is -0.508 e. The zero-order valence-corrected chi connectivity index (χ0v) is 14.1. The van der Waals surface area contributed by atoms with E-state index in [1.54, 1.807) is 12.1 Å². The largest absolute Gasteiger partial charge is 0.508 e. The molecule has 4 nitrogen and oxygen atoms in total. The maximum Gasteiger partial charge on any atom is 0.191 e. The van der Waals surface area contributed by atoms with Crippen molar-refractivity contribution in [1.29, 1.82) is 0 Å². The highest BCUT2D eigenvalue weighted by Gasteiger charge is 1.99. The van der Waals surface area contributed by atoms with Gasteiger partial charge in [0.15, 0.2) is 5.96 Å². The standard InChI is InChI=1S/C14H23N3O.HI/c1-4-15-14(16-9-11(2)3)17-10-12-6-5-7-13(18)8-12;/h5-8,11,18H,4,9-10H2,1-3H3,(H2,15,16,17);1H. The summed E-state index contributed by atoms with van der Waals surface area (Å²) in [5.74, 6) is 1.67.